The van der Waals surface area contributed by atoms with E-state index in [1.807, 2.05) is 19.1 Å². The first kappa shape index (κ1) is 14.5. The Morgan fingerprint density at radius 1 is 1.05 bits per heavy atom. The molecule has 114 valence electrons. The summed E-state index contributed by atoms with van der Waals surface area (Å²) in [7, 11) is 0. The van der Waals surface area contributed by atoms with Crippen LogP contribution in [0.15, 0.2) is 45.3 Å². The van der Waals surface area contributed by atoms with Crippen LogP contribution in [0.4, 0.5) is 0 Å². The maximum Gasteiger partial charge on any atom is 0.227 e. The van der Waals surface area contributed by atoms with Crippen LogP contribution in [0, 0.1) is 13.8 Å². The van der Waals surface area contributed by atoms with Crippen LogP contribution in [-0.4, -0.2) is 16.7 Å². The zero-order chi connectivity index (χ0) is 15.4. The van der Waals surface area contributed by atoms with E-state index in [0.29, 0.717) is 24.7 Å². The molecule has 1 aromatic carbocycles. The number of hydrogen-bond donors (Lipinski definition) is 1. The van der Waals surface area contributed by atoms with Gasteiger partial charge in [-0.3, -0.25) is 0 Å². The predicted molar refractivity (Wildman–Crippen MR) is 83.3 cm³/mol. The van der Waals surface area contributed by atoms with Gasteiger partial charge in [-0.05, 0) is 26.0 Å². The molecule has 0 unspecified atom stereocenters. The minimum absolute atomic E-state index is 0.657. The van der Waals surface area contributed by atoms with E-state index in [9.17, 15) is 0 Å². The van der Waals surface area contributed by atoms with Crippen LogP contribution >= 0.6 is 0 Å². The molecule has 0 aliphatic heterocycles. The molecule has 0 saturated heterocycles. The van der Waals surface area contributed by atoms with Crippen LogP contribution in [0.3, 0.4) is 0 Å². The van der Waals surface area contributed by atoms with E-state index in [1.165, 1.54) is 5.56 Å². The molecule has 3 aromatic rings. The molecule has 0 fully saturated rings. The van der Waals surface area contributed by atoms with Gasteiger partial charge in [-0.15, -0.1) is 0 Å². The molecule has 3 rings (SSSR count). The number of benzene rings is 1. The fourth-order valence-corrected chi connectivity index (χ4v) is 2.19. The maximum absolute atomic E-state index is 5.85. The number of aryl methyl sites for hydroxylation is 2. The van der Waals surface area contributed by atoms with Gasteiger partial charge in [0.15, 0.2) is 5.82 Å². The van der Waals surface area contributed by atoms with Crippen molar-refractivity contribution in [1.29, 1.82) is 0 Å². The van der Waals surface area contributed by atoms with Crippen molar-refractivity contribution in [2.45, 2.75) is 26.8 Å². The zero-order valence-electron chi connectivity index (χ0n) is 12.8. The second-order valence-corrected chi connectivity index (χ2v) is 5.29. The molecule has 0 amide bonds. The summed E-state index contributed by atoms with van der Waals surface area (Å²) >= 11 is 0. The molecule has 2 aromatic heterocycles. The minimum Gasteiger partial charge on any atom is -0.460 e. The summed E-state index contributed by atoms with van der Waals surface area (Å²) in [5.74, 6) is 3.13. The van der Waals surface area contributed by atoms with Crippen molar-refractivity contribution in [3.63, 3.8) is 0 Å². The lowest BCUT2D eigenvalue weighted by Crippen LogP contribution is -2.16. The lowest BCUT2D eigenvalue weighted by molar-refractivity contribution is 0.371. The van der Waals surface area contributed by atoms with E-state index in [1.54, 1.807) is 0 Å². The van der Waals surface area contributed by atoms with Gasteiger partial charge in [-0.1, -0.05) is 35.0 Å². The Hall–Kier alpha value is -2.40. The normalized spacial score (nSPS) is 11.0. The Labute approximate surface area is 129 Å². The van der Waals surface area contributed by atoms with Crippen molar-refractivity contribution < 1.29 is 8.94 Å². The molecule has 5 nitrogen and oxygen atoms in total. The third-order valence-electron chi connectivity index (χ3n) is 3.38. The number of rotatable bonds is 6. The molecule has 2 heterocycles. The number of aromatic nitrogens is 2. The van der Waals surface area contributed by atoms with Gasteiger partial charge in [0.1, 0.15) is 11.5 Å². The molecule has 0 aliphatic rings. The zero-order valence-corrected chi connectivity index (χ0v) is 12.8. The Morgan fingerprint density at radius 3 is 2.59 bits per heavy atom. The van der Waals surface area contributed by atoms with E-state index in [-0.39, 0.29) is 0 Å². The highest BCUT2D eigenvalue weighted by molar-refractivity contribution is 5.57. The number of hydrogen-bond acceptors (Lipinski definition) is 5. The summed E-state index contributed by atoms with van der Waals surface area (Å²) in [6.45, 7) is 5.34. The molecule has 1 N–H and O–H groups in total. The molecular formula is C17H19N3O2. The number of nitrogens with one attached hydrogen (secondary N) is 1. The highest BCUT2D eigenvalue weighted by atomic mass is 16.5. The quantitative estimate of drug-likeness (QED) is 0.707. The molecule has 22 heavy (non-hydrogen) atoms. The Bertz CT molecular complexity index is 728. The van der Waals surface area contributed by atoms with Crippen molar-refractivity contribution in [1.82, 2.24) is 15.5 Å². The first-order chi connectivity index (χ1) is 10.7. The summed E-state index contributed by atoms with van der Waals surface area (Å²) in [5, 5.41) is 7.08. The van der Waals surface area contributed by atoms with Crippen molar-refractivity contribution in [3.05, 3.63) is 59.4 Å². The molecular weight excluding hydrogens is 278 g/mol. The Kier molecular flexibility index (Phi) is 4.34. The average Bonchev–Trinajstić information content (AvgIpc) is 3.14. The summed E-state index contributed by atoms with van der Waals surface area (Å²) in [4.78, 5) is 4.16. The number of nitrogens with zero attached hydrogens (tertiary/aromatic N) is 2. The SMILES string of the molecule is Cc1ccc(-c2ccc(CNCCc3nc(C)no3)o2)cc1. The largest absolute Gasteiger partial charge is 0.460 e. The fraction of sp³-hybridized carbons (Fsp3) is 0.294. The van der Waals surface area contributed by atoms with Crippen molar-refractivity contribution in [2.24, 2.45) is 0 Å². The highest BCUT2D eigenvalue weighted by Crippen LogP contribution is 2.22. The van der Waals surface area contributed by atoms with Gasteiger partial charge in [0.2, 0.25) is 5.89 Å². The van der Waals surface area contributed by atoms with Gasteiger partial charge in [0, 0.05) is 18.5 Å². The molecule has 0 aliphatic carbocycles. The second-order valence-electron chi connectivity index (χ2n) is 5.29. The average molecular weight is 297 g/mol. The van der Waals surface area contributed by atoms with Gasteiger partial charge in [0.25, 0.3) is 0 Å². The smallest absolute Gasteiger partial charge is 0.227 e. The number of furan rings is 1. The van der Waals surface area contributed by atoms with E-state index in [0.717, 1.165) is 23.6 Å². The molecule has 0 saturated carbocycles. The summed E-state index contributed by atoms with van der Waals surface area (Å²) in [5.41, 5.74) is 2.34. The van der Waals surface area contributed by atoms with Crippen LogP contribution in [0.1, 0.15) is 23.0 Å². The van der Waals surface area contributed by atoms with Crippen LogP contribution in [-0.2, 0) is 13.0 Å². The Balaban J connectivity index is 1.50. The van der Waals surface area contributed by atoms with Crippen LogP contribution in [0.2, 0.25) is 0 Å². The van der Waals surface area contributed by atoms with Gasteiger partial charge in [0.05, 0.1) is 6.54 Å². The lowest BCUT2D eigenvalue weighted by Gasteiger charge is -2.01. The topological polar surface area (TPSA) is 64.1 Å². The lowest BCUT2D eigenvalue weighted by atomic mass is 10.1. The molecule has 5 heteroatoms. The van der Waals surface area contributed by atoms with E-state index < -0.39 is 0 Å². The molecule has 0 spiro atoms. The minimum atomic E-state index is 0.657. The van der Waals surface area contributed by atoms with Crippen molar-refractivity contribution >= 4 is 0 Å². The first-order valence-corrected chi connectivity index (χ1v) is 7.36. The van der Waals surface area contributed by atoms with E-state index in [4.69, 9.17) is 8.94 Å². The van der Waals surface area contributed by atoms with Crippen molar-refractivity contribution in [2.75, 3.05) is 6.54 Å². The molecule has 0 radical (unpaired) electrons. The van der Waals surface area contributed by atoms with E-state index in [2.05, 4.69) is 46.6 Å². The molecule has 0 bridgehead atoms. The van der Waals surface area contributed by atoms with Crippen LogP contribution in [0.25, 0.3) is 11.3 Å². The maximum atomic E-state index is 5.85. The summed E-state index contributed by atoms with van der Waals surface area (Å²) in [6.07, 6.45) is 0.715. The van der Waals surface area contributed by atoms with Gasteiger partial charge in [-0.25, -0.2) is 0 Å². The monoisotopic (exact) mass is 297 g/mol. The van der Waals surface area contributed by atoms with Crippen LogP contribution in [0.5, 0.6) is 0 Å². The van der Waals surface area contributed by atoms with Gasteiger partial charge < -0.3 is 14.3 Å². The van der Waals surface area contributed by atoms with E-state index >= 15 is 0 Å². The van der Waals surface area contributed by atoms with Gasteiger partial charge in [-0.2, -0.15) is 4.98 Å². The third kappa shape index (κ3) is 3.62. The molecule has 0 atom stereocenters. The summed E-state index contributed by atoms with van der Waals surface area (Å²) in [6, 6.07) is 12.3. The standard InChI is InChI=1S/C17H19N3O2/c1-12-3-5-14(6-4-12)16-8-7-15(21-16)11-18-10-9-17-19-13(2)20-22-17/h3-8,18H,9-11H2,1-2H3. The highest BCUT2D eigenvalue weighted by Gasteiger charge is 2.05. The first-order valence-electron chi connectivity index (χ1n) is 7.36. The van der Waals surface area contributed by atoms with Gasteiger partial charge >= 0.3 is 0 Å². The summed E-state index contributed by atoms with van der Waals surface area (Å²) < 4.78 is 10.9. The fourth-order valence-electron chi connectivity index (χ4n) is 2.19. The Morgan fingerprint density at radius 2 is 1.86 bits per heavy atom. The van der Waals surface area contributed by atoms with Crippen LogP contribution < -0.4 is 5.32 Å². The third-order valence-corrected chi connectivity index (χ3v) is 3.38. The van der Waals surface area contributed by atoms with Crippen molar-refractivity contribution in [3.8, 4) is 11.3 Å². The second kappa shape index (κ2) is 6.58. The predicted octanol–water partition coefficient (Wildman–Crippen LogP) is 3.28.